The molecule has 0 aliphatic rings. The predicted molar refractivity (Wildman–Crippen MR) is 68.2 cm³/mol. The number of nitrogens with zero attached hydrogens (tertiary/aromatic N) is 1. The molecule has 2 aromatic rings. The van der Waals surface area contributed by atoms with Crippen molar-refractivity contribution in [3.63, 3.8) is 0 Å². The SMILES string of the molecule is Nc1cc(COc2cccc(F)c2)ccc1[N+](=O)[O-]. The van der Waals surface area contributed by atoms with Crippen LogP contribution in [0.2, 0.25) is 0 Å². The zero-order valence-corrected chi connectivity index (χ0v) is 9.88. The Morgan fingerprint density at radius 1 is 1.26 bits per heavy atom. The van der Waals surface area contributed by atoms with Gasteiger partial charge in [0.1, 0.15) is 23.9 Å². The van der Waals surface area contributed by atoms with Crippen LogP contribution < -0.4 is 10.5 Å². The van der Waals surface area contributed by atoms with E-state index in [2.05, 4.69) is 0 Å². The molecule has 0 aromatic heterocycles. The van der Waals surface area contributed by atoms with E-state index < -0.39 is 4.92 Å². The molecule has 0 radical (unpaired) electrons. The second-order valence-corrected chi connectivity index (χ2v) is 3.90. The van der Waals surface area contributed by atoms with Gasteiger partial charge in [-0.1, -0.05) is 6.07 Å². The molecule has 0 saturated heterocycles. The highest BCUT2D eigenvalue weighted by molar-refractivity contribution is 5.59. The van der Waals surface area contributed by atoms with E-state index in [9.17, 15) is 14.5 Å². The van der Waals surface area contributed by atoms with E-state index in [1.807, 2.05) is 0 Å². The first-order valence-electron chi connectivity index (χ1n) is 5.47. The first kappa shape index (κ1) is 12.8. The number of nitrogen functional groups attached to an aromatic ring is 1. The molecule has 0 aliphatic heterocycles. The average molecular weight is 262 g/mol. The number of benzene rings is 2. The zero-order chi connectivity index (χ0) is 13.8. The van der Waals surface area contributed by atoms with E-state index in [-0.39, 0.29) is 23.8 Å². The lowest BCUT2D eigenvalue weighted by Gasteiger charge is -2.07. The van der Waals surface area contributed by atoms with Crippen molar-refractivity contribution >= 4 is 11.4 Å². The summed E-state index contributed by atoms with van der Waals surface area (Å²) >= 11 is 0. The summed E-state index contributed by atoms with van der Waals surface area (Å²) in [7, 11) is 0. The maximum atomic E-state index is 12.9. The Morgan fingerprint density at radius 2 is 2.05 bits per heavy atom. The number of nitrogens with two attached hydrogens (primary N) is 1. The Labute approximate surface area is 108 Å². The molecule has 0 aliphatic carbocycles. The van der Waals surface area contributed by atoms with Gasteiger partial charge in [0.2, 0.25) is 0 Å². The third kappa shape index (κ3) is 3.19. The Kier molecular flexibility index (Phi) is 3.61. The summed E-state index contributed by atoms with van der Waals surface area (Å²) in [5.74, 6) is -0.00219. The van der Waals surface area contributed by atoms with Gasteiger partial charge in [-0.15, -0.1) is 0 Å². The molecule has 98 valence electrons. The van der Waals surface area contributed by atoms with Crippen LogP contribution in [0, 0.1) is 15.9 Å². The molecule has 2 rings (SSSR count). The van der Waals surface area contributed by atoms with Crippen molar-refractivity contribution in [1.29, 1.82) is 0 Å². The summed E-state index contributed by atoms with van der Waals surface area (Å²) in [6.07, 6.45) is 0. The Hall–Kier alpha value is -2.63. The summed E-state index contributed by atoms with van der Waals surface area (Å²) in [6.45, 7) is 0.158. The molecule has 2 N–H and O–H groups in total. The molecule has 19 heavy (non-hydrogen) atoms. The molecule has 5 nitrogen and oxygen atoms in total. The fourth-order valence-corrected chi connectivity index (χ4v) is 1.58. The maximum Gasteiger partial charge on any atom is 0.292 e. The molecule has 0 amide bonds. The van der Waals surface area contributed by atoms with E-state index in [1.54, 1.807) is 12.1 Å². The summed E-state index contributed by atoms with van der Waals surface area (Å²) in [5, 5.41) is 10.6. The van der Waals surface area contributed by atoms with Gasteiger partial charge in [0.25, 0.3) is 5.69 Å². The topological polar surface area (TPSA) is 78.4 Å². The number of hydrogen-bond acceptors (Lipinski definition) is 4. The predicted octanol–water partition coefficient (Wildman–Crippen LogP) is 2.90. The fourth-order valence-electron chi connectivity index (χ4n) is 1.58. The molecule has 6 heteroatoms. The van der Waals surface area contributed by atoms with E-state index >= 15 is 0 Å². The van der Waals surface area contributed by atoms with Gasteiger partial charge in [-0.2, -0.15) is 0 Å². The number of rotatable bonds is 4. The van der Waals surface area contributed by atoms with Crippen LogP contribution in [0.4, 0.5) is 15.8 Å². The van der Waals surface area contributed by atoms with Crippen molar-refractivity contribution in [2.24, 2.45) is 0 Å². The summed E-state index contributed by atoms with van der Waals surface area (Å²) in [4.78, 5) is 10.1. The Balaban J connectivity index is 2.08. The van der Waals surface area contributed by atoms with Gasteiger partial charge >= 0.3 is 0 Å². The minimum atomic E-state index is -0.549. The summed E-state index contributed by atoms with van der Waals surface area (Å²) in [5.41, 5.74) is 6.16. The molecular formula is C13H11FN2O3. The molecule has 0 saturated carbocycles. The van der Waals surface area contributed by atoms with E-state index in [0.717, 1.165) is 0 Å². The molecule has 2 aromatic carbocycles. The lowest BCUT2D eigenvalue weighted by molar-refractivity contribution is -0.383. The first-order chi connectivity index (χ1) is 9.06. The van der Waals surface area contributed by atoms with Crippen LogP contribution in [0.3, 0.4) is 0 Å². The molecule has 0 atom stereocenters. The lowest BCUT2D eigenvalue weighted by atomic mass is 10.2. The van der Waals surface area contributed by atoms with Crippen LogP contribution in [-0.4, -0.2) is 4.92 Å². The van der Waals surface area contributed by atoms with Gasteiger partial charge in [-0.25, -0.2) is 4.39 Å². The number of hydrogen-bond donors (Lipinski definition) is 1. The highest BCUT2D eigenvalue weighted by Gasteiger charge is 2.11. The normalized spacial score (nSPS) is 10.2. The number of nitro benzene ring substituents is 1. The van der Waals surface area contributed by atoms with Gasteiger partial charge in [-0.3, -0.25) is 10.1 Å². The van der Waals surface area contributed by atoms with Gasteiger partial charge in [0.05, 0.1) is 4.92 Å². The van der Waals surface area contributed by atoms with Gasteiger partial charge < -0.3 is 10.5 Å². The quantitative estimate of drug-likeness (QED) is 0.522. The van der Waals surface area contributed by atoms with Crippen molar-refractivity contribution in [3.05, 3.63) is 64.0 Å². The van der Waals surface area contributed by atoms with E-state index in [0.29, 0.717) is 11.3 Å². The minimum absolute atomic E-state index is 0.0744. The van der Waals surface area contributed by atoms with Crippen molar-refractivity contribution in [1.82, 2.24) is 0 Å². The van der Waals surface area contributed by atoms with E-state index in [4.69, 9.17) is 10.5 Å². The molecule has 0 fully saturated rings. The Bertz CT molecular complexity index is 617. The van der Waals surface area contributed by atoms with Crippen molar-refractivity contribution < 1.29 is 14.1 Å². The highest BCUT2D eigenvalue weighted by atomic mass is 19.1. The highest BCUT2D eigenvalue weighted by Crippen LogP contribution is 2.23. The average Bonchev–Trinajstić information content (AvgIpc) is 2.36. The van der Waals surface area contributed by atoms with Gasteiger partial charge in [0, 0.05) is 12.1 Å². The van der Waals surface area contributed by atoms with Crippen molar-refractivity contribution in [2.45, 2.75) is 6.61 Å². The minimum Gasteiger partial charge on any atom is -0.489 e. The third-order valence-corrected chi connectivity index (χ3v) is 2.49. The van der Waals surface area contributed by atoms with Gasteiger partial charge in [0.15, 0.2) is 0 Å². The maximum absolute atomic E-state index is 12.9. The smallest absolute Gasteiger partial charge is 0.292 e. The van der Waals surface area contributed by atoms with Crippen LogP contribution in [0.25, 0.3) is 0 Å². The molecule has 0 bridgehead atoms. The summed E-state index contributed by atoms with van der Waals surface area (Å²) < 4.78 is 18.3. The molecule has 0 heterocycles. The second-order valence-electron chi connectivity index (χ2n) is 3.90. The molecular weight excluding hydrogens is 251 g/mol. The zero-order valence-electron chi connectivity index (χ0n) is 9.88. The largest absolute Gasteiger partial charge is 0.489 e. The Morgan fingerprint density at radius 3 is 2.68 bits per heavy atom. The van der Waals surface area contributed by atoms with Crippen LogP contribution in [0.5, 0.6) is 5.75 Å². The number of anilines is 1. The standard InChI is InChI=1S/C13H11FN2O3/c14-10-2-1-3-11(7-10)19-8-9-4-5-13(16(17)18)12(15)6-9/h1-7H,8,15H2. The molecule has 0 spiro atoms. The number of nitro groups is 1. The van der Waals surface area contributed by atoms with Crippen molar-refractivity contribution in [2.75, 3.05) is 5.73 Å². The lowest BCUT2D eigenvalue weighted by Crippen LogP contribution is -2.00. The molecule has 0 unspecified atom stereocenters. The van der Waals surface area contributed by atoms with Crippen LogP contribution in [0.1, 0.15) is 5.56 Å². The van der Waals surface area contributed by atoms with E-state index in [1.165, 1.54) is 30.3 Å². The van der Waals surface area contributed by atoms with Crippen LogP contribution in [-0.2, 0) is 6.61 Å². The second kappa shape index (κ2) is 5.34. The number of halogens is 1. The van der Waals surface area contributed by atoms with Crippen LogP contribution >= 0.6 is 0 Å². The van der Waals surface area contributed by atoms with Crippen LogP contribution in [0.15, 0.2) is 42.5 Å². The third-order valence-electron chi connectivity index (χ3n) is 2.49. The van der Waals surface area contributed by atoms with Gasteiger partial charge in [-0.05, 0) is 29.8 Å². The monoisotopic (exact) mass is 262 g/mol. The fraction of sp³-hybridized carbons (Fsp3) is 0.0769. The first-order valence-corrected chi connectivity index (χ1v) is 5.47. The van der Waals surface area contributed by atoms with Crippen molar-refractivity contribution in [3.8, 4) is 5.75 Å². The summed E-state index contributed by atoms with van der Waals surface area (Å²) in [6, 6.07) is 10.1. The number of ether oxygens (including phenoxy) is 1.